The van der Waals surface area contributed by atoms with Gasteiger partial charge in [0.25, 0.3) is 0 Å². The van der Waals surface area contributed by atoms with E-state index in [-0.39, 0.29) is 5.41 Å². The van der Waals surface area contributed by atoms with Crippen LogP contribution >= 0.6 is 0 Å². The number of hydrogen-bond acceptors (Lipinski definition) is 2. The van der Waals surface area contributed by atoms with Gasteiger partial charge in [-0.25, -0.2) is 0 Å². The summed E-state index contributed by atoms with van der Waals surface area (Å²) in [7, 11) is 0. The second kappa shape index (κ2) is 5.25. The van der Waals surface area contributed by atoms with Gasteiger partial charge in [-0.1, -0.05) is 30.3 Å². The van der Waals surface area contributed by atoms with Crippen molar-refractivity contribution in [3.8, 4) is 0 Å². The summed E-state index contributed by atoms with van der Waals surface area (Å²) < 4.78 is 0. The van der Waals surface area contributed by atoms with E-state index in [0.29, 0.717) is 0 Å². The summed E-state index contributed by atoms with van der Waals surface area (Å²) in [4.78, 5) is 8.27. The second-order valence-electron chi connectivity index (χ2n) is 4.96. The Labute approximate surface area is 119 Å². The first-order chi connectivity index (χ1) is 9.82. The number of aromatic nitrogens is 2. The highest BCUT2D eigenvalue weighted by Gasteiger charge is 2.30. The van der Waals surface area contributed by atoms with Crippen molar-refractivity contribution in [2.45, 2.75) is 12.3 Å². The molecule has 2 heteroatoms. The lowest BCUT2D eigenvalue weighted by Crippen LogP contribution is -2.25. The number of hydrogen-bond donors (Lipinski definition) is 0. The van der Waals surface area contributed by atoms with Gasteiger partial charge >= 0.3 is 0 Å². The van der Waals surface area contributed by atoms with E-state index in [2.05, 4.69) is 65.4 Å². The molecule has 1 aromatic carbocycles. The Kier molecular flexibility index (Phi) is 3.30. The lowest BCUT2D eigenvalue weighted by molar-refractivity contribution is 0.689. The molecule has 98 valence electrons. The highest BCUT2D eigenvalue weighted by molar-refractivity contribution is 5.48. The van der Waals surface area contributed by atoms with Crippen molar-refractivity contribution in [3.05, 3.63) is 96.1 Å². The van der Waals surface area contributed by atoms with E-state index in [1.54, 1.807) is 0 Å². The quantitative estimate of drug-likeness (QED) is 0.715. The summed E-state index contributed by atoms with van der Waals surface area (Å²) in [6.45, 7) is 2.24. The van der Waals surface area contributed by atoms with Crippen molar-refractivity contribution < 1.29 is 0 Å². The predicted octanol–water partition coefficient (Wildman–Crippen LogP) is 3.83. The van der Waals surface area contributed by atoms with Crippen LogP contribution in [0, 0.1) is 0 Å². The van der Waals surface area contributed by atoms with Gasteiger partial charge in [0.15, 0.2) is 0 Å². The second-order valence-corrected chi connectivity index (χ2v) is 4.96. The van der Waals surface area contributed by atoms with E-state index in [0.717, 1.165) is 0 Å². The van der Waals surface area contributed by atoms with Crippen molar-refractivity contribution in [1.82, 2.24) is 9.97 Å². The molecular weight excluding hydrogens is 244 g/mol. The topological polar surface area (TPSA) is 25.8 Å². The first-order valence-electron chi connectivity index (χ1n) is 6.68. The summed E-state index contributed by atoms with van der Waals surface area (Å²) in [5.41, 5.74) is 3.51. The van der Waals surface area contributed by atoms with Gasteiger partial charge in [-0.05, 0) is 47.9 Å². The molecule has 0 spiro atoms. The standard InChI is InChI=1S/C18H16N2/c1-18(15-5-3-2-4-6-15,16-7-11-19-12-8-16)17-9-13-20-14-10-17/h2-14H,1H3. The molecule has 2 nitrogen and oxygen atoms in total. The van der Waals surface area contributed by atoms with Crippen molar-refractivity contribution in [3.63, 3.8) is 0 Å². The molecule has 20 heavy (non-hydrogen) atoms. The monoisotopic (exact) mass is 260 g/mol. The lowest BCUT2D eigenvalue weighted by atomic mass is 9.72. The van der Waals surface area contributed by atoms with Crippen LogP contribution in [0.4, 0.5) is 0 Å². The highest BCUT2D eigenvalue weighted by Crippen LogP contribution is 2.37. The third kappa shape index (κ3) is 2.10. The molecule has 0 unspecified atom stereocenters. The molecule has 0 aliphatic rings. The summed E-state index contributed by atoms with van der Waals surface area (Å²) in [5, 5.41) is 0. The van der Waals surface area contributed by atoms with Gasteiger partial charge in [0.05, 0.1) is 0 Å². The maximum absolute atomic E-state index is 4.13. The van der Waals surface area contributed by atoms with Crippen molar-refractivity contribution in [2.24, 2.45) is 0 Å². The molecule has 0 amide bonds. The molecule has 0 aliphatic heterocycles. The van der Waals surface area contributed by atoms with Crippen LogP contribution in [0.25, 0.3) is 0 Å². The van der Waals surface area contributed by atoms with Crippen LogP contribution in [0.3, 0.4) is 0 Å². The molecule has 0 atom stereocenters. The fourth-order valence-electron chi connectivity index (χ4n) is 2.64. The Balaban J connectivity index is 2.24. The van der Waals surface area contributed by atoms with Crippen molar-refractivity contribution in [1.29, 1.82) is 0 Å². The first-order valence-corrected chi connectivity index (χ1v) is 6.68. The lowest BCUT2D eigenvalue weighted by Gasteiger charge is -2.31. The van der Waals surface area contributed by atoms with Gasteiger partial charge in [0, 0.05) is 30.2 Å². The van der Waals surface area contributed by atoms with E-state index in [1.165, 1.54) is 16.7 Å². The Hall–Kier alpha value is -2.48. The van der Waals surface area contributed by atoms with Gasteiger partial charge < -0.3 is 0 Å². The Bertz CT molecular complexity index is 567. The van der Waals surface area contributed by atoms with Gasteiger partial charge in [-0.2, -0.15) is 0 Å². The molecule has 0 radical (unpaired) electrons. The molecule has 3 rings (SSSR count). The van der Waals surface area contributed by atoms with E-state index in [1.807, 2.05) is 30.9 Å². The SMILES string of the molecule is CC(c1ccccc1)(c1ccncc1)c1ccncc1. The first kappa shape index (κ1) is 12.5. The smallest absolute Gasteiger partial charge is 0.0425 e. The largest absolute Gasteiger partial charge is 0.265 e. The van der Waals surface area contributed by atoms with E-state index >= 15 is 0 Å². The minimum Gasteiger partial charge on any atom is -0.265 e. The fourth-order valence-corrected chi connectivity index (χ4v) is 2.64. The highest BCUT2D eigenvalue weighted by atomic mass is 14.6. The van der Waals surface area contributed by atoms with E-state index in [4.69, 9.17) is 0 Å². The van der Waals surface area contributed by atoms with Gasteiger partial charge in [0.2, 0.25) is 0 Å². The molecule has 0 N–H and O–H groups in total. The summed E-state index contributed by atoms with van der Waals surface area (Å²) >= 11 is 0. The van der Waals surface area contributed by atoms with E-state index in [9.17, 15) is 0 Å². The molecular formula is C18H16N2. The molecule has 0 saturated heterocycles. The summed E-state index contributed by atoms with van der Waals surface area (Å²) in [6.07, 6.45) is 7.38. The Morgan fingerprint density at radius 3 is 1.45 bits per heavy atom. The number of rotatable bonds is 3. The maximum Gasteiger partial charge on any atom is 0.0425 e. The zero-order valence-corrected chi connectivity index (χ0v) is 11.4. The van der Waals surface area contributed by atoms with E-state index < -0.39 is 0 Å². The summed E-state index contributed by atoms with van der Waals surface area (Å²) in [6, 6.07) is 18.8. The van der Waals surface area contributed by atoms with Gasteiger partial charge in [0.1, 0.15) is 0 Å². The average Bonchev–Trinajstić information content (AvgIpc) is 2.56. The summed E-state index contributed by atoms with van der Waals surface area (Å²) in [5.74, 6) is 0. The molecule has 0 aliphatic carbocycles. The average molecular weight is 260 g/mol. The van der Waals surface area contributed by atoms with Crippen molar-refractivity contribution in [2.75, 3.05) is 0 Å². The van der Waals surface area contributed by atoms with Crippen LogP contribution in [-0.2, 0) is 5.41 Å². The molecule has 0 fully saturated rings. The maximum atomic E-state index is 4.13. The van der Waals surface area contributed by atoms with Gasteiger partial charge in [-0.3, -0.25) is 9.97 Å². The molecule has 0 bridgehead atoms. The number of benzene rings is 1. The fraction of sp³-hybridized carbons (Fsp3) is 0.111. The van der Waals surface area contributed by atoms with Crippen molar-refractivity contribution >= 4 is 0 Å². The third-order valence-electron chi connectivity index (χ3n) is 3.87. The van der Waals surface area contributed by atoms with Crippen LogP contribution in [0.2, 0.25) is 0 Å². The minimum absolute atomic E-state index is 0.201. The molecule has 3 aromatic rings. The Morgan fingerprint density at radius 1 is 0.600 bits per heavy atom. The van der Waals surface area contributed by atoms with Crippen LogP contribution in [0.15, 0.2) is 79.4 Å². The molecule has 0 saturated carbocycles. The third-order valence-corrected chi connectivity index (χ3v) is 3.87. The van der Waals surface area contributed by atoms with Crippen LogP contribution in [0.1, 0.15) is 23.6 Å². The van der Waals surface area contributed by atoms with Crippen LogP contribution in [-0.4, -0.2) is 9.97 Å². The normalized spacial score (nSPS) is 11.2. The number of nitrogens with zero attached hydrogens (tertiary/aromatic N) is 2. The van der Waals surface area contributed by atoms with Crippen LogP contribution in [0.5, 0.6) is 0 Å². The Morgan fingerprint density at radius 2 is 1.00 bits per heavy atom. The zero-order chi connectivity index (χ0) is 13.8. The zero-order valence-electron chi connectivity index (χ0n) is 11.4. The van der Waals surface area contributed by atoms with Gasteiger partial charge in [-0.15, -0.1) is 0 Å². The predicted molar refractivity (Wildman–Crippen MR) is 80.5 cm³/mol. The van der Waals surface area contributed by atoms with Crippen LogP contribution < -0.4 is 0 Å². The number of pyridine rings is 2. The molecule has 2 aromatic heterocycles. The minimum atomic E-state index is -0.201. The molecule has 2 heterocycles.